The summed E-state index contributed by atoms with van der Waals surface area (Å²) in [6.45, 7) is 12.9. The van der Waals surface area contributed by atoms with Crippen LogP contribution in [0.3, 0.4) is 0 Å². The second-order valence-electron chi connectivity index (χ2n) is 6.50. The van der Waals surface area contributed by atoms with Gasteiger partial charge in [-0.15, -0.1) is 0 Å². The lowest BCUT2D eigenvalue weighted by molar-refractivity contribution is 0.00578. The Kier molecular flexibility index (Phi) is 3.65. The highest BCUT2D eigenvalue weighted by atomic mass is 32.1. The largest absolute Gasteiger partial charge is 0.505 e. The summed E-state index contributed by atoms with van der Waals surface area (Å²) in [6.07, 6.45) is 1.09. The van der Waals surface area contributed by atoms with Crippen LogP contribution in [0.15, 0.2) is 11.4 Å². The fourth-order valence-corrected chi connectivity index (χ4v) is 3.00. The van der Waals surface area contributed by atoms with Gasteiger partial charge in [0.25, 0.3) is 0 Å². The van der Waals surface area contributed by atoms with Crippen LogP contribution in [-0.2, 0) is 15.7 Å². The predicted molar refractivity (Wildman–Crippen MR) is 78.6 cm³/mol. The van der Waals surface area contributed by atoms with Crippen molar-refractivity contribution in [1.29, 1.82) is 0 Å². The summed E-state index contributed by atoms with van der Waals surface area (Å²) in [5, 5.41) is 2.14. The second-order valence-corrected chi connectivity index (χ2v) is 7.44. The molecule has 1 fully saturated rings. The quantitative estimate of drug-likeness (QED) is 0.782. The first-order chi connectivity index (χ1) is 8.23. The van der Waals surface area contributed by atoms with Gasteiger partial charge in [0.2, 0.25) is 0 Å². The Labute approximate surface area is 115 Å². The standard InChI is InChI=1S/C14H23BO2S/c1-10(2)9-11-7-8-18-12(11)15-16-13(3,4)14(5,6)17-15/h7-8,10H,9H2,1-6H3. The summed E-state index contributed by atoms with van der Waals surface area (Å²) >= 11 is 1.74. The average Bonchev–Trinajstić information content (AvgIpc) is 2.69. The summed E-state index contributed by atoms with van der Waals surface area (Å²) in [5.74, 6) is 0.653. The molecule has 1 aliphatic rings. The highest BCUT2D eigenvalue weighted by Crippen LogP contribution is 2.37. The fraction of sp³-hybridized carbons (Fsp3) is 0.714. The third-order valence-corrected chi connectivity index (χ3v) is 4.86. The molecule has 0 amide bonds. The first kappa shape index (κ1) is 14.1. The minimum absolute atomic E-state index is 0.205. The fourth-order valence-electron chi connectivity index (χ4n) is 2.11. The maximum atomic E-state index is 6.12. The molecular weight excluding hydrogens is 243 g/mol. The normalized spacial score (nSPS) is 21.8. The summed E-state index contributed by atoms with van der Waals surface area (Å²) in [4.78, 5) is 0. The maximum absolute atomic E-state index is 6.12. The van der Waals surface area contributed by atoms with Gasteiger partial charge in [-0.3, -0.25) is 0 Å². The van der Waals surface area contributed by atoms with Crippen LogP contribution in [0.1, 0.15) is 47.1 Å². The van der Waals surface area contributed by atoms with Crippen LogP contribution in [0, 0.1) is 5.92 Å². The highest BCUT2D eigenvalue weighted by molar-refractivity contribution is 7.21. The monoisotopic (exact) mass is 266 g/mol. The van der Waals surface area contributed by atoms with Gasteiger partial charge in [-0.2, -0.15) is 11.3 Å². The van der Waals surface area contributed by atoms with Crippen LogP contribution >= 0.6 is 11.3 Å². The van der Waals surface area contributed by atoms with Crippen LogP contribution in [0.5, 0.6) is 0 Å². The zero-order chi connectivity index (χ0) is 13.6. The molecule has 0 saturated carbocycles. The lowest BCUT2D eigenvalue weighted by Gasteiger charge is -2.32. The van der Waals surface area contributed by atoms with Gasteiger partial charge in [-0.1, -0.05) is 13.8 Å². The minimum atomic E-state index is -0.253. The summed E-state index contributed by atoms with van der Waals surface area (Å²) in [6, 6.07) is 2.20. The molecule has 2 nitrogen and oxygen atoms in total. The Morgan fingerprint density at radius 1 is 1.17 bits per heavy atom. The zero-order valence-electron chi connectivity index (χ0n) is 12.2. The van der Waals surface area contributed by atoms with E-state index in [1.807, 2.05) is 0 Å². The Bertz CT molecular complexity index is 407. The van der Waals surface area contributed by atoms with Gasteiger partial charge >= 0.3 is 7.12 Å². The van der Waals surface area contributed by atoms with Crippen molar-refractivity contribution >= 4 is 23.2 Å². The van der Waals surface area contributed by atoms with E-state index >= 15 is 0 Å². The van der Waals surface area contributed by atoms with Crippen LogP contribution in [0.25, 0.3) is 0 Å². The van der Waals surface area contributed by atoms with E-state index < -0.39 is 0 Å². The molecular formula is C14H23BO2S. The van der Waals surface area contributed by atoms with Gasteiger partial charge in [0.1, 0.15) is 0 Å². The molecule has 1 aromatic heterocycles. The van der Waals surface area contributed by atoms with Gasteiger partial charge in [-0.05, 0) is 57.0 Å². The molecule has 2 rings (SSSR count). The predicted octanol–water partition coefficient (Wildman–Crippen LogP) is 3.25. The molecule has 100 valence electrons. The lowest BCUT2D eigenvalue weighted by Crippen LogP contribution is -2.41. The van der Waals surface area contributed by atoms with Crippen molar-refractivity contribution < 1.29 is 9.31 Å². The van der Waals surface area contributed by atoms with E-state index in [0.29, 0.717) is 5.92 Å². The van der Waals surface area contributed by atoms with Crippen LogP contribution < -0.4 is 4.78 Å². The van der Waals surface area contributed by atoms with Crippen molar-refractivity contribution in [2.75, 3.05) is 0 Å². The summed E-state index contributed by atoms with van der Waals surface area (Å²) in [5.41, 5.74) is 0.863. The number of hydrogen-bond donors (Lipinski definition) is 0. The Morgan fingerprint density at radius 2 is 1.72 bits per heavy atom. The Balaban J connectivity index is 2.22. The molecule has 4 heteroatoms. The van der Waals surface area contributed by atoms with Crippen LogP contribution in [-0.4, -0.2) is 18.3 Å². The van der Waals surface area contributed by atoms with Gasteiger partial charge in [0.15, 0.2) is 0 Å². The first-order valence-corrected chi connectivity index (χ1v) is 7.53. The maximum Gasteiger partial charge on any atom is 0.505 e. The van der Waals surface area contributed by atoms with Gasteiger partial charge < -0.3 is 9.31 Å². The molecule has 0 radical (unpaired) electrons. The zero-order valence-corrected chi connectivity index (χ0v) is 13.1. The summed E-state index contributed by atoms with van der Waals surface area (Å²) in [7, 11) is -0.205. The van der Waals surface area contributed by atoms with Crippen molar-refractivity contribution in [3.05, 3.63) is 17.0 Å². The van der Waals surface area contributed by atoms with Crippen molar-refractivity contribution in [2.45, 2.75) is 59.2 Å². The molecule has 0 aliphatic carbocycles. The van der Waals surface area contributed by atoms with Gasteiger partial charge in [0.05, 0.1) is 11.2 Å². The molecule has 2 heterocycles. The van der Waals surface area contributed by atoms with Crippen molar-refractivity contribution in [1.82, 2.24) is 0 Å². The SMILES string of the molecule is CC(C)Cc1ccsc1B1OC(C)(C)C(C)(C)O1. The molecule has 1 saturated heterocycles. The third-order valence-electron chi connectivity index (χ3n) is 3.88. The van der Waals surface area contributed by atoms with E-state index in [9.17, 15) is 0 Å². The van der Waals surface area contributed by atoms with Crippen molar-refractivity contribution in [2.24, 2.45) is 5.92 Å². The Morgan fingerprint density at radius 3 is 2.22 bits per heavy atom. The topological polar surface area (TPSA) is 18.5 Å². The van der Waals surface area contributed by atoms with E-state index in [2.05, 4.69) is 53.0 Å². The molecule has 0 unspecified atom stereocenters. The lowest BCUT2D eigenvalue weighted by atomic mass is 9.83. The number of hydrogen-bond acceptors (Lipinski definition) is 3. The molecule has 1 aromatic rings. The number of thiophene rings is 1. The second kappa shape index (κ2) is 4.66. The van der Waals surface area contributed by atoms with E-state index in [1.165, 1.54) is 10.3 Å². The van der Waals surface area contributed by atoms with Crippen LogP contribution in [0.4, 0.5) is 0 Å². The smallest absolute Gasteiger partial charge is 0.399 e. The van der Waals surface area contributed by atoms with E-state index in [4.69, 9.17) is 9.31 Å². The van der Waals surface area contributed by atoms with E-state index in [0.717, 1.165) is 6.42 Å². The molecule has 1 aliphatic heterocycles. The van der Waals surface area contributed by atoms with E-state index in [1.54, 1.807) is 11.3 Å². The Hall–Kier alpha value is -0.315. The average molecular weight is 266 g/mol. The summed E-state index contributed by atoms with van der Waals surface area (Å²) < 4.78 is 13.5. The first-order valence-electron chi connectivity index (χ1n) is 6.65. The minimum Gasteiger partial charge on any atom is -0.399 e. The molecule has 0 aromatic carbocycles. The van der Waals surface area contributed by atoms with Gasteiger partial charge in [-0.25, -0.2) is 0 Å². The third kappa shape index (κ3) is 2.51. The van der Waals surface area contributed by atoms with Crippen molar-refractivity contribution in [3.8, 4) is 0 Å². The van der Waals surface area contributed by atoms with Crippen LogP contribution in [0.2, 0.25) is 0 Å². The molecule has 0 atom stereocenters. The molecule has 0 bridgehead atoms. The van der Waals surface area contributed by atoms with Gasteiger partial charge in [0, 0.05) is 4.78 Å². The molecule has 0 N–H and O–H groups in total. The number of rotatable bonds is 3. The van der Waals surface area contributed by atoms with Crippen molar-refractivity contribution in [3.63, 3.8) is 0 Å². The molecule has 0 spiro atoms. The highest BCUT2D eigenvalue weighted by Gasteiger charge is 2.52. The van der Waals surface area contributed by atoms with E-state index in [-0.39, 0.29) is 18.3 Å². The molecule has 18 heavy (non-hydrogen) atoms.